The van der Waals surface area contributed by atoms with Crippen LogP contribution in [-0.4, -0.2) is 22.7 Å². The Bertz CT molecular complexity index is 1260. The molecule has 4 rings (SSSR count). The molecule has 0 spiro atoms. The maximum atomic E-state index is 11.2. The second kappa shape index (κ2) is 11.3. The van der Waals surface area contributed by atoms with E-state index in [0.29, 0.717) is 25.9 Å². The van der Waals surface area contributed by atoms with Crippen LogP contribution in [0.5, 0.6) is 0 Å². The Hall–Kier alpha value is -3.84. The van der Waals surface area contributed by atoms with Crippen LogP contribution in [0.4, 0.5) is 0 Å². The molecule has 1 heterocycles. The summed E-state index contributed by atoms with van der Waals surface area (Å²) >= 11 is 0. The lowest BCUT2D eigenvalue weighted by Gasteiger charge is -2.17. The minimum absolute atomic E-state index is 0.0803. The van der Waals surface area contributed by atoms with Crippen molar-refractivity contribution in [3.05, 3.63) is 101 Å². The number of hydrogen-bond donors (Lipinski definition) is 1. The molecule has 3 aromatic rings. The molecule has 0 radical (unpaired) electrons. The topological polar surface area (TPSA) is 59.4 Å². The van der Waals surface area contributed by atoms with E-state index in [9.17, 15) is 9.90 Å². The summed E-state index contributed by atoms with van der Waals surface area (Å²) in [5, 5.41) is 10.3. The first-order valence-corrected chi connectivity index (χ1v) is 11.7. The zero-order valence-corrected chi connectivity index (χ0v) is 19.4. The first-order chi connectivity index (χ1) is 16.6. The van der Waals surface area contributed by atoms with Gasteiger partial charge in [0, 0.05) is 35.4 Å². The highest BCUT2D eigenvalue weighted by Gasteiger charge is 2.16. The van der Waals surface area contributed by atoms with E-state index in [4.69, 9.17) is 9.72 Å². The Morgan fingerprint density at radius 3 is 2.71 bits per heavy atom. The van der Waals surface area contributed by atoms with Gasteiger partial charge in [-0.2, -0.15) is 0 Å². The summed E-state index contributed by atoms with van der Waals surface area (Å²) in [6.07, 6.45) is 6.16. The van der Waals surface area contributed by atoms with Gasteiger partial charge in [0.15, 0.2) is 0 Å². The zero-order valence-electron chi connectivity index (χ0n) is 19.4. The monoisotopic (exact) mass is 451 g/mol. The number of carboxylic acid groups (broad SMARTS) is 1. The molecule has 1 aliphatic carbocycles. The molecular weight excluding hydrogens is 422 g/mol. The standard InChI is InChI=1S/C30H29NO3/c1-22-11-12-23(20-26(14-16-30(32)33)24-7-3-2-4-8-24)21-28(19-22)34-18-17-27-15-13-25-9-5-6-10-29(25)31-27/h2-10,13,15,19,21-22,26H,14,16-18,20H2,1H3,(H,32,33). The Morgan fingerprint density at radius 1 is 1.09 bits per heavy atom. The molecule has 4 heteroatoms. The van der Waals surface area contributed by atoms with Gasteiger partial charge in [-0.05, 0) is 55.5 Å². The van der Waals surface area contributed by atoms with Crippen molar-refractivity contribution < 1.29 is 14.6 Å². The Balaban J connectivity index is 1.43. The Morgan fingerprint density at radius 2 is 1.88 bits per heavy atom. The van der Waals surface area contributed by atoms with Crippen molar-refractivity contribution in [2.75, 3.05) is 6.61 Å². The minimum atomic E-state index is -0.776. The fraction of sp³-hybridized carbons (Fsp3) is 0.267. The largest absolute Gasteiger partial charge is 0.493 e. The third-order valence-electron chi connectivity index (χ3n) is 5.92. The fourth-order valence-electron chi connectivity index (χ4n) is 4.15. The number of para-hydroxylation sites is 1. The molecular formula is C30H29NO3. The maximum absolute atomic E-state index is 11.2. The van der Waals surface area contributed by atoms with Crippen LogP contribution in [0.15, 0.2) is 90.2 Å². The molecule has 0 amide bonds. The molecule has 1 aromatic heterocycles. The van der Waals surface area contributed by atoms with Gasteiger partial charge in [-0.3, -0.25) is 9.78 Å². The van der Waals surface area contributed by atoms with Gasteiger partial charge in [-0.1, -0.05) is 66.4 Å². The number of fused-ring (bicyclic) bond motifs is 1. The molecule has 0 bridgehead atoms. The van der Waals surface area contributed by atoms with Crippen molar-refractivity contribution in [2.45, 2.75) is 38.5 Å². The quantitative estimate of drug-likeness (QED) is 0.368. The third kappa shape index (κ3) is 6.59. The van der Waals surface area contributed by atoms with E-state index >= 15 is 0 Å². The average Bonchev–Trinajstić information content (AvgIpc) is 3.02. The summed E-state index contributed by atoms with van der Waals surface area (Å²) in [4.78, 5) is 15.9. The number of hydrogen-bond acceptors (Lipinski definition) is 3. The third-order valence-corrected chi connectivity index (χ3v) is 5.92. The second-order valence-corrected chi connectivity index (χ2v) is 8.63. The highest BCUT2D eigenvalue weighted by Crippen LogP contribution is 2.29. The summed E-state index contributed by atoms with van der Waals surface area (Å²) < 4.78 is 6.14. The molecule has 0 fully saturated rings. The van der Waals surface area contributed by atoms with Gasteiger partial charge in [-0.15, -0.1) is 0 Å². The molecule has 0 saturated heterocycles. The van der Waals surface area contributed by atoms with E-state index in [0.717, 1.165) is 33.5 Å². The van der Waals surface area contributed by atoms with Crippen LogP contribution in [0.3, 0.4) is 0 Å². The number of carboxylic acids is 1. The molecule has 0 saturated carbocycles. The zero-order chi connectivity index (χ0) is 23.8. The Labute approximate surface area is 201 Å². The summed E-state index contributed by atoms with van der Waals surface area (Å²) in [5.74, 6) is 6.76. The molecule has 2 aromatic carbocycles. The molecule has 0 aliphatic heterocycles. The van der Waals surface area contributed by atoms with Gasteiger partial charge >= 0.3 is 5.97 Å². The van der Waals surface area contributed by atoms with Crippen molar-refractivity contribution in [1.29, 1.82) is 0 Å². The molecule has 2 unspecified atom stereocenters. The summed E-state index contributed by atoms with van der Waals surface area (Å²) in [5.41, 5.74) is 4.10. The fourth-order valence-corrected chi connectivity index (χ4v) is 4.15. The molecule has 1 aliphatic rings. The van der Waals surface area contributed by atoms with Crippen LogP contribution in [-0.2, 0) is 16.0 Å². The van der Waals surface area contributed by atoms with Crippen LogP contribution in [0, 0.1) is 17.8 Å². The summed E-state index contributed by atoms with van der Waals surface area (Å²) in [6.45, 7) is 2.58. The number of ether oxygens (including phenoxy) is 1. The highest BCUT2D eigenvalue weighted by molar-refractivity contribution is 5.78. The average molecular weight is 452 g/mol. The van der Waals surface area contributed by atoms with E-state index in [1.165, 1.54) is 0 Å². The van der Waals surface area contributed by atoms with Gasteiger partial charge in [-0.25, -0.2) is 0 Å². The van der Waals surface area contributed by atoms with Crippen molar-refractivity contribution >= 4 is 16.9 Å². The van der Waals surface area contributed by atoms with Gasteiger partial charge < -0.3 is 9.84 Å². The van der Waals surface area contributed by atoms with Gasteiger partial charge in [0.05, 0.1) is 12.1 Å². The number of aliphatic carboxylic acids is 1. The Kier molecular flexibility index (Phi) is 7.78. The van der Waals surface area contributed by atoms with Gasteiger partial charge in [0.25, 0.3) is 0 Å². The number of pyridine rings is 1. The smallest absolute Gasteiger partial charge is 0.303 e. The number of allylic oxidation sites excluding steroid dienone is 3. The van der Waals surface area contributed by atoms with Gasteiger partial charge in [0.1, 0.15) is 5.76 Å². The van der Waals surface area contributed by atoms with Gasteiger partial charge in [0.2, 0.25) is 0 Å². The van der Waals surface area contributed by atoms with E-state index in [-0.39, 0.29) is 18.3 Å². The summed E-state index contributed by atoms with van der Waals surface area (Å²) in [6, 6.07) is 22.3. The lowest BCUT2D eigenvalue weighted by Crippen LogP contribution is -2.05. The van der Waals surface area contributed by atoms with Crippen molar-refractivity contribution in [3.8, 4) is 11.8 Å². The first-order valence-electron chi connectivity index (χ1n) is 11.7. The predicted molar refractivity (Wildman–Crippen MR) is 135 cm³/mol. The van der Waals surface area contributed by atoms with E-state index in [1.807, 2.05) is 54.6 Å². The van der Waals surface area contributed by atoms with E-state index in [1.54, 1.807) is 0 Å². The van der Waals surface area contributed by atoms with Crippen molar-refractivity contribution in [3.63, 3.8) is 0 Å². The number of aromatic nitrogens is 1. The van der Waals surface area contributed by atoms with Crippen molar-refractivity contribution in [2.24, 2.45) is 5.92 Å². The SMILES string of the molecule is CC1C#CC(CC(CCC(=O)O)c2ccccc2)=CC(OCCc2ccc3ccccc3n2)=C1. The lowest BCUT2D eigenvalue weighted by atomic mass is 9.88. The van der Waals surface area contributed by atoms with E-state index < -0.39 is 5.97 Å². The van der Waals surface area contributed by atoms with Crippen molar-refractivity contribution in [1.82, 2.24) is 4.98 Å². The number of nitrogens with zero attached hydrogens (tertiary/aromatic N) is 1. The summed E-state index contributed by atoms with van der Waals surface area (Å²) in [7, 11) is 0. The molecule has 34 heavy (non-hydrogen) atoms. The number of carbonyl (C=O) groups is 1. The van der Waals surface area contributed by atoms with Crippen LogP contribution >= 0.6 is 0 Å². The normalized spacial score (nSPS) is 16.0. The van der Waals surface area contributed by atoms with Crippen LogP contribution < -0.4 is 0 Å². The molecule has 4 nitrogen and oxygen atoms in total. The number of rotatable bonds is 10. The van der Waals surface area contributed by atoms with E-state index in [2.05, 4.69) is 43.0 Å². The number of benzene rings is 2. The minimum Gasteiger partial charge on any atom is -0.493 e. The van der Waals surface area contributed by atoms with Crippen LogP contribution in [0.25, 0.3) is 10.9 Å². The highest BCUT2D eigenvalue weighted by atomic mass is 16.5. The molecule has 2 atom stereocenters. The van der Waals surface area contributed by atoms with Crippen LogP contribution in [0.2, 0.25) is 0 Å². The molecule has 1 N–H and O–H groups in total. The lowest BCUT2D eigenvalue weighted by molar-refractivity contribution is -0.137. The first kappa shape index (κ1) is 23.3. The second-order valence-electron chi connectivity index (χ2n) is 8.63. The maximum Gasteiger partial charge on any atom is 0.303 e. The molecule has 172 valence electrons. The van der Waals surface area contributed by atoms with Crippen LogP contribution in [0.1, 0.15) is 43.4 Å². The predicted octanol–water partition coefficient (Wildman–Crippen LogP) is 6.30.